The van der Waals surface area contributed by atoms with E-state index in [-0.39, 0.29) is 5.75 Å². The van der Waals surface area contributed by atoms with Gasteiger partial charge in [0.25, 0.3) is 0 Å². The minimum atomic E-state index is -2.81. The van der Waals surface area contributed by atoms with Crippen LogP contribution in [0.5, 0.6) is 5.75 Å². The van der Waals surface area contributed by atoms with Crippen molar-refractivity contribution in [3.63, 3.8) is 0 Å². The predicted octanol–water partition coefficient (Wildman–Crippen LogP) is 4.67. The molecule has 3 aliphatic rings. The molecule has 1 aromatic heterocycles. The number of nitrogens with zero attached hydrogens (tertiary/aromatic N) is 3. The van der Waals surface area contributed by atoms with Crippen LogP contribution in [-0.2, 0) is 11.2 Å². The normalized spacial score (nSPS) is 26.5. The molecule has 1 aromatic carbocycles. The zero-order chi connectivity index (χ0) is 21.9. The molecular weight excluding hydrogens is 412 g/mol. The zero-order valence-corrected chi connectivity index (χ0v) is 18.3. The molecule has 3 heterocycles. The van der Waals surface area contributed by atoms with Gasteiger partial charge in [0, 0.05) is 38.4 Å². The maximum Gasteiger partial charge on any atom is 0.387 e. The maximum absolute atomic E-state index is 12.3. The quantitative estimate of drug-likeness (QED) is 0.622. The average molecular weight is 444 g/mol. The van der Waals surface area contributed by atoms with Gasteiger partial charge in [0.15, 0.2) is 0 Å². The maximum atomic E-state index is 12.3. The first-order valence-corrected chi connectivity index (χ1v) is 11.8. The Morgan fingerprint density at radius 1 is 0.938 bits per heavy atom. The largest absolute Gasteiger partial charge is 0.435 e. The summed E-state index contributed by atoms with van der Waals surface area (Å²) in [6, 6.07) is 10.5. The van der Waals surface area contributed by atoms with E-state index in [9.17, 15) is 8.78 Å². The fourth-order valence-corrected chi connectivity index (χ4v) is 5.86. The number of hydrogen-bond donors (Lipinski definition) is 0. The fourth-order valence-electron chi connectivity index (χ4n) is 5.86. The molecule has 32 heavy (non-hydrogen) atoms. The molecular formula is C25H31F2N3O2. The second-order valence-electron chi connectivity index (χ2n) is 9.65. The second kappa shape index (κ2) is 9.79. The first-order chi connectivity index (χ1) is 15.6. The molecule has 0 radical (unpaired) electrons. The number of likely N-dealkylation sites (tertiary alicyclic amines) is 1. The van der Waals surface area contributed by atoms with E-state index in [1.807, 2.05) is 6.07 Å². The summed E-state index contributed by atoms with van der Waals surface area (Å²) in [4.78, 5) is 2.70. The second-order valence-corrected chi connectivity index (χ2v) is 9.65. The Balaban J connectivity index is 1.11. The lowest BCUT2D eigenvalue weighted by Crippen LogP contribution is -2.31. The molecule has 1 unspecified atom stereocenters. The fraction of sp³-hybridized carbons (Fsp3) is 0.600. The average Bonchev–Trinajstić information content (AvgIpc) is 3.33. The van der Waals surface area contributed by atoms with Crippen molar-refractivity contribution in [1.82, 2.24) is 15.1 Å². The van der Waals surface area contributed by atoms with Gasteiger partial charge in [0.2, 0.25) is 0 Å². The molecule has 0 spiro atoms. The van der Waals surface area contributed by atoms with Gasteiger partial charge in [-0.15, -0.1) is 0 Å². The first kappa shape index (κ1) is 21.7. The summed E-state index contributed by atoms with van der Waals surface area (Å²) in [6.45, 7) is 2.83. The minimum absolute atomic E-state index is 0.145. The van der Waals surface area contributed by atoms with Crippen molar-refractivity contribution in [3.8, 4) is 17.0 Å². The van der Waals surface area contributed by atoms with Crippen LogP contribution in [0.3, 0.4) is 0 Å². The van der Waals surface area contributed by atoms with Gasteiger partial charge in [-0.05, 0) is 92.2 Å². The summed E-state index contributed by atoms with van der Waals surface area (Å²) in [5.74, 6) is 3.33. The van der Waals surface area contributed by atoms with Gasteiger partial charge in [-0.2, -0.15) is 19.0 Å². The Morgan fingerprint density at radius 3 is 2.28 bits per heavy atom. The molecule has 1 aliphatic carbocycles. The lowest BCUT2D eigenvalue weighted by molar-refractivity contribution is -0.0498. The Kier molecular flexibility index (Phi) is 6.64. The number of benzene rings is 1. The van der Waals surface area contributed by atoms with E-state index < -0.39 is 6.61 Å². The van der Waals surface area contributed by atoms with Crippen LogP contribution in [0, 0.1) is 23.7 Å². The Bertz CT molecular complexity index is 858. The van der Waals surface area contributed by atoms with Crippen molar-refractivity contribution >= 4 is 0 Å². The number of rotatable bonds is 7. The number of hydrogen-bond acceptors (Lipinski definition) is 5. The molecule has 2 aliphatic heterocycles. The Hall–Kier alpha value is -2.12. The summed E-state index contributed by atoms with van der Waals surface area (Å²) in [5, 5.41) is 8.83. The van der Waals surface area contributed by atoms with Gasteiger partial charge < -0.3 is 14.4 Å². The van der Waals surface area contributed by atoms with Crippen molar-refractivity contribution in [3.05, 3.63) is 42.1 Å². The van der Waals surface area contributed by atoms with Crippen LogP contribution in [0.25, 0.3) is 11.3 Å². The van der Waals surface area contributed by atoms with Crippen LogP contribution in [0.15, 0.2) is 36.4 Å². The van der Waals surface area contributed by atoms with Crippen LogP contribution in [0.4, 0.5) is 8.78 Å². The number of halogens is 2. The van der Waals surface area contributed by atoms with Crippen molar-refractivity contribution in [2.45, 2.75) is 38.7 Å². The molecule has 3 atom stereocenters. The molecule has 2 saturated heterocycles. The topological polar surface area (TPSA) is 47.5 Å². The van der Waals surface area contributed by atoms with E-state index in [4.69, 9.17) is 4.74 Å². The van der Waals surface area contributed by atoms with Crippen molar-refractivity contribution in [2.24, 2.45) is 23.7 Å². The highest BCUT2D eigenvalue weighted by atomic mass is 19.3. The van der Waals surface area contributed by atoms with Gasteiger partial charge >= 0.3 is 6.61 Å². The highest BCUT2D eigenvalue weighted by Gasteiger charge is 2.41. The highest BCUT2D eigenvalue weighted by Crippen LogP contribution is 2.43. The van der Waals surface area contributed by atoms with Gasteiger partial charge in [-0.1, -0.05) is 0 Å². The molecule has 172 valence electrons. The van der Waals surface area contributed by atoms with Crippen molar-refractivity contribution in [1.29, 1.82) is 0 Å². The van der Waals surface area contributed by atoms with Crippen LogP contribution >= 0.6 is 0 Å². The third-order valence-electron chi connectivity index (χ3n) is 7.37. The Labute approximate surface area is 188 Å². The number of aromatic nitrogens is 2. The monoisotopic (exact) mass is 443 g/mol. The van der Waals surface area contributed by atoms with E-state index in [1.54, 1.807) is 12.1 Å². The van der Waals surface area contributed by atoms with Gasteiger partial charge in [0.1, 0.15) is 5.75 Å². The molecule has 2 aromatic rings. The highest BCUT2D eigenvalue weighted by molar-refractivity contribution is 5.59. The smallest absolute Gasteiger partial charge is 0.387 e. The lowest BCUT2D eigenvalue weighted by Gasteiger charge is -2.27. The van der Waals surface area contributed by atoms with E-state index in [0.29, 0.717) is 5.92 Å². The van der Waals surface area contributed by atoms with Gasteiger partial charge in [-0.25, -0.2) is 0 Å². The van der Waals surface area contributed by atoms with E-state index in [0.717, 1.165) is 54.3 Å². The zero-order valence-electron chi connectivity index (χ0n) is 18.3. The molecule has 1 saturated carbocycles. The molecule has 0 amide bonds. The molecule has 0 N–H and O–H groups in total. The summed E-state index contributed by atoms with van der Waals surface area (Å²) >= 11 is 0. The third kappa shape index (κ3) is 5.26. The summed E-state index contributed by atoms with van der Waals surface area (Å²) in [6.07, 6.45) is 6.02. The summed E-state index contributed by atoms with van der Waals surface area (Å²) in [5.41, 5.74) is 2.62. The first-order valence-electron chi connectivity index (χ1n) is 11.8. The Morgan fingerprint density at radius 2 is 1.66 bits per heavy atom. The van der Waals surface area contributed by atoms with E-state index in [1.165, 1.54) is 57.5 Å². The minimum Gasteiger partial charge on any atom is -0.435 e. The van der Waals surface area contributed by atoms with E-state index in [2.05, 4.69) is 25.9 Å². The lowest BCUT2D eigenvalue weighted by atomic mass is 9.98. The van der Waals surface area contributed by atoms with Crippen LogP contribution in [0.1, 0.15) is 31.4 Å². The molecule has 3 fully saturated rings. The summed E-state index contributed by atoms with van der Waals surface area (Å²) < 4.78 is 34.5. The molecule has 5 rings (SSSR count). The van der Waals surface area contributed by atoms with Crippen LogP contribution in [0.2, 0.25) is 0 Å². The molecule has 7 heteroatoms. The van der Waals surface area contributed by atoms with Gasteiger partial charge in [-0.3, -0.25) is 0 Å². The predicted molar refractivity (Wildman–Crippen MR) is 117 cm³/mol. The van der Waals surface area contributed by atoms with Crippen LogP contribution in [-0.4, -0.2) is 54.6 Å². The number of ether oxygens (including phenoxy) is 2. The van der Waals surface area contributed by atoms with E-state index >= 15 is 0 Å². The van der Waals surface area contributed by atoms with Crippen LogP contribution < -0.4 is 4.74 Å². The van der Waals surface area contributed by atoms with Gasteiger partial charge in [0.05, 0.1) is 11.4 Å². The standard InChI is InChI=1S/C25H31F2N3O2/c26-25(27)32-23-4-1-19(2-5-23)24-6-3-22(28-29-24)13-18-11-20-15-30(16-21(20)12-18)14-17-7-9-31-10-8-17/h1-6,17-18,20-21,25H,7-16H2/t18?,20-,21+. The molecule has 0 bridgehead atoms. The van der Waals surface area contributed by atoms with Crippen molar-refractivity contribution < 1.29 is 18.3 Å². The molecule has 5 nitrogen and oxygen atoms in total. The SMILES string of the molecule is FC(F)Oc1ccc(-c2ccc(CC3C[C@@H]4CN(CC5CCOCC5)C[C@@H]4C3)nn2)cc1. The number of fused-ring (bicyclic) bond motifs is 1. The summed E-state index contributed by atoms with van der Waals surface area (Å²) in [7, 11) is 0. The van der Waals surface area contributed by atoms with Crippen molar-refractivity contribution in [2.75, 3.05) is 32.8 Å². The third-order valence-corrected chi connectivity index (χ3v) is 7.37. The number of alkyl halides is 2.